The summed E-state index contributed by atoms with van der Waals surface area (Å²) in [5, 5.41) is 9.64. The van der Waals surface area contributed by atoms with Crippen molar-refractivity contribution in [3.8, 4) is 0 Å². The number of carboxylic acid groups (broad SMARTS) is 1. The summed E-state index contributed by atoms with van der Waals surface area (Å²) < 4.78 is 0. The summed E-state index contributed by atoms with van der Waals surface area (Å²) in [6, 6.07) is 7.96. The van der Waals surface area contributed by atoms with Crippen molar-refractivity contribution in [1.29, 1.82) is 0 Å². The van der Waals surface area contributed by atoms with Crippen molar-refractivity contribution in [1.82, 2.24) is 0 Å². The predicted molar refractivity (Wildman–Crippen MR) is 68.1 cm³/mol. The third-order valence-electron chi connectivity index (χ3n) is 3.99. The lowest BCUT2D eigenvalue weighted by atomic mass is 9.76. The Kier molecular flexibility index (Phi) is 2.76. The minimum atomic E-state index is -0.673. The zero-order valence-electron chi connectivity index (χ0n) is 10.8. The molecule has 1 atom stereocenters. The lowest BCUT2D eigenvalue weighted by Crippen LogP contribution is -2.34. The lowest BCUT2D eigenvalue weighted by Gasteiger charge is -2.27. The SMILES string of the molecule is Cc1cccc(C2(C(=O)O)CCC(C)(C)C2)c1. The summed E-state index contributed by atoms with van der Waals surface area (Å²) in [6.45, 7) is 6.33. The van der Waals surface area contributed by atoms with Gasteiger partial charge in [0.1, 0.15) is 0 Å². The van der Waals surface area contributed by atoms with Gasteiger partial charge < -0.3 is 5.11 Å². The molecule has 0 saturated heterocycles. The van der Waals surface area contributed by atoms with Crippen molar-refractivity contribution < 1.29 is 9.90 Å². The Bertz CT molecular complexity index is 448. The van der Waals surface area contributed by atoms with Gasteiger partial charge in [-0.1, -0.05) is 43.7 Å². The lowest BCUT2D eigenvalue weighted by molar-refractivity contribution is -0.144. The number of aryl methyl sites for hydroxylation is 1. The number of aliphatic carboxylic acids is 1. The second-order valence-electron chi connectivity index (χ2n) is 6.10. The highest BCUT2D eigenvalue weighted by atomic mass is 16.4. The Morgan fingerprint density at radius 2 is 2.00 bits per heavy atom. The molecule has 1 aliphatic carbocycles. The maximum atomic E-state index is 11.7. The van der Waals surface area contributed by atoms with Crippen LogP contribution in [0.3, 0.4) is 0 Å². The van der Waals surface area contributed by atoms with Gasteiger partial charge in [0.25, 0.3) is 0 Å². The minimum Gasteiger partial charge on any atom is -0.481 e. The van der Waals surface area contributed by atoms with Crippen LogP contribution in [0.15, 0.2) is 24.3 Å². The summed E-state index contributed by atoms with van der Waals surface area (Å²) in [6.07, 6.45) is 2.46. The maximum Gasteiger partial charge on any atom is 0.314 e. The summed E-state index contributed by atoms with van der Waals surface area (Å²) in [4.78, 5) is 11.7. The molecule has 0 spiro atoms. The molecule has 0 aromatic heterocycles. The van der Waals surface area contributed by atoms with Gasteiger partial charge in [-0.15, -0.1) is 0 Å². The smallest absolute Gasteiger partial charge is 0.314 e. The molecule has 2 heteroatoms. The summed E-state index contributed by atoms with van der Waals surface area (Å²) >= 11 is 0. The number of hydrogen-bond donors (Lipinski definition) is 1. The molecular weight excluding hydrogens is 212 g/mol. The molecule has 1 aliphatic rings. The summed E-state index contributed by atoms with van der Waals surface area (Å²) in [7, 11) is 0. The van der Waals surface area contributed by atoms with E-state index in [1.807, 2.05) is 31.2 Å². The van der Waals surface area contributed by atoms with E-state index in [1.165, 1.54) is 0 Å². The molecule has 2 rings (SSSR count). The van der Waals surface area contributed by atoms with E-state index < -0.39 is 11.4 Å². The quantitative estimate of drug-likeness (QED) is 0.847. The molecule has 0 aliphatic heterocycles. The van der Waals surface area contributed by atoms with Gasteiger partial charge >= 0.3 is 5.97 Å². The number of rotatable bonds is 2. The first-order chi connectivity index (χ1) is 7.86. The van der Waals surface area contributed by atoms with E-state index in [2.05, 4.69) is 13.8 Å². The zero-order chi connectivity index (χ0) is 12.7. The largest absolute Gasteiger partial charge is 0.481 e. The third kappa shape index (κ3) is 2.08. The van der Waals surface area contributed by atoms with Crippen molar-refractivity contribution in [3.05, 3.63) is 35.4 Å². The average Bonchev–Trinajstić information content (AvgIpc) is 2.56. The minimum absolute atomic E-state index is 0.127. The van der Waals surface area contributed by atoms with Gasteiger partial charge in [0.05, 0.1) is 5.41 Å². The van der Waals surface area contributed by atoms with Crippen LogP contribution in [0.25, 0.3) is 0 Å². The molecule has 1 unspecified atom stereocenters. The van der Waals surface area contributed by atoms with E-state index in [4.69, 9.17) is 0 Å². The maximum absolute atomic E-state index is 11.7. The molecule has 17 heavy (non-hydrogen) atoms. The summed E-state index contributed by atoms with van der Waals surface area (Å²) in [5.74, 6) is -0.673. The number of benzene rings is 1. The van der Waals surface area contributed by atoms with E-state index in [1.54, 1.807) is 0 Å². The van der Waals surface area contributed by atoms with Gasteiger partial charge in [0.2, 0.25) is 0 Å². The Balaban J connectivity index is 2.47. The van der Waals surface area contributed by atoms with Crippen LogP contribution in [0.5, 0.6) is 0 Å². The molecule has 92 valence electrons. The Morgan fingerprint density at radius 1 is 1.29 bits per heavy atom. The van der Waals surface area contributed by atoms with E-state index in [0.29, 0.717) is 0 Å². The van der Waals surface area contributed by atoms with Gasteiger partial charge in [0, 0.05) is 0 Å². The van der Waals surface area contributed by atoms with Gasteiger partial charge in [-0.25, -0.2) is 0 Å². The van der Waals surface area contributed by atoms with Gasteiger partial charge in [-0.05, 0) is 37.2 Å². The molecule has 0 amide bonds. The first-order valence-electron chi connectivity index (χ1n) is 6.16. The monoisotopic (exact) mass is 232 g/mol. The highest BCUT2D eigenvalue weighted by Gasteiger charge is 2.49. The van der Waals surface area contributed by atoms with Crippen LogP contribution in [0.4, 0.5) is 0 Å². The molecule has 1 aromatic rings. The third-order valence-corrected chi connectivity index (χ3v) is 3.99. The van der Waals surface area contributed by atoms with Gasteiger partial charge in [0.15, 0.2) is 0 Å². The molecule has 2 nitrogen and oxygen atoms in total. The van der Waals surface area contributed by atoms with Crippen molar-refractivity contribution >= 4 is 5.97 Å². The number of hydrogen-bond acceptors (Lipinski definition) is 1. The molecular formula is C15H20O2. The Morgan fingerprint density at radius 3 is 2.47 bits per heavy atom. The van der Waals surface area contributed by atoms with Crippen LogP contribution in [0.2, 0.25) is 0 Å². The van der Waals surface area contributed by atoms with E-state index >= 15 is 0 Å². The van der Waals surface area contributed by atoms with Crippen molar-refractivity contribution in [3.63, 3.8) is 0 Å². The van der Waals surface area contributed by atoms with Crippen molar-refractivity contribution in [2.45, 2.75) is 45.4 Å². The van der Waals surface area contributed by atoms with E-state index in [-0.39, 0.29) is 5.41 Å². The first kappa shape index (κ1) is 12.2. The Hall–Kier alpha value is -1.31. The average molecular weight is 232 g/mol. The van der Waals surface area contributed by atoms with E-state index in [0.717, 1.165) is 30.4 Å². The zero-order valence-corrected chi connectivity index (χ0v) is 10.8. The fourth-order valence-corrected chi connectivity index (χ4v) is 3.04. The van der Waals surface area contributed by atoms with Crippen molar-refractivity contribution in [2.24, 2.45) is 5.41 Å². The molecule has 0 bridgehead atoms. The van der Waals surface area contributed by atoms with Crippen LogP contribution in [-0.4, -0.2) is 11.1 Å². The molecule has 1 aromatic carbocycles. The highest BCUT2D eigenvalue weighted by Crippen LogP contribution is 2.50. The van der Waals surface area contributed by atoms with Crippen LogP contribution >= 0.6 is 0 Å². The molecule has 0 heterocycles. The standard InChI is InChI=1S/C15H20O2/c1-11-5-4-6-12(9-11)15(13(16)17)8-7-14(2,3)10-15/h4-6,9H,7-8,10H2,1-3H3,(H,16,17). The van der Waals surface area contributed by atoms with E-state index in [9.17, 15) is 9.90 Å². The molecule has 1 N–H and O–H groups in total. The molecule has 1 saturated carbocycles. The van der Waals surface area contributed by atoms with Crippen molar-refractivity contribution in [2.75, 3.05) is 0 Å². The Labute approximate surface area is 103 Å². The highest BCUT2D eigenvalue weighted by molar-refractivity contribution is 5.82. The van der Waals surface area contributed by atoms with Crippen LogP contribution < -0.4 is 0 Å². The number of carbonyl (C=O) groups is 1. The van der Waals surface area contributed by atoms with Crippen LogP contribution in [-0.2, 0) is 10.2 Å². The second kappa shape index (κ2) is 3.86. The predicted octanol–water partition coefficient (Wildman–Crippen LogP) is 3.53. The van der Waals surface area contributed by atoms with Crippen LogP contribution in [0, 0.1) is 12.3 Å². The topological polar surface area (TPSA) is 37.3 Å². The van der Waals surface area contributed by atoms with Gasteiger partial charge in [-0.2, -0.15) is 0 Å². The normalized spacial score (nSPS) is 27.0. The second-order valence-corrected chi connectivity index (χ2v) is 6.10. The molecule has 0 radical (unpaired) electrons. The number of carboxylic acids is 1. The van der Waals surface area contributed by atoms with Crippen LogP contribution in [0.1, 0.15) is 44.2 Å². The molecule has 1 fully saturated rings. The fraction of sp³-hybridized carbons (Fsp3) is 0.533. The summed E-state index contributed by atoms with van der Waals surface area (Å²) in [5.41, 5.74) is 1.56. The van der Waals surface area contributed by atoms with Gasteiger partial charge in [-0.3, -0.25) is 4.79 Å². The fourth-order valence-electron chi connectivity index (χ4n) is 3.04. The first-order valence-corrected chi connectivity index (χ1v) is 6.16.